The first-order valence-electron chi connectivity index (χ1n) is 26.9. The van der Waals surface area contributed by atoms with Crippen molar-refractivity contribution in [1.82, 2.24) is 41.3 Å². The van der Waals surface area contributed by atoms with Gasteiger partial charge < -0.3 is 71.2 Å². The lowest BCUT2D eigenvalue weighted by molar-refractivity contribution is -0.144. The third kappa shape index (κ3) is 33.4. The quantitative estimate of drug-likeness (QED) is 0.0302. The van der Waals surface area contributed by atoms with Crippen molar-refractivity contribution in [2.75, 3.05) is 150 Å². The molecule has 1 aliphatic heterocycles. The number of hydrogen-bond donors (Lipinski definition) is 8. The lowest BCUT2D eigenvalue weighted by Crippen LogP contribution is -2.54. The van der Waals surface area contributed by atoms with Crippen LogP contribution in [0.4, 0.5) is 10.5 Å². The molecule has 442 valence electrons. The number of aliphatic carboxylic acids is 1. The number of primary amides is 1. The fourth-order valence-electron chi connectivity index (χ4n) is 7.39. The van der Waals surface area contributed by atoms with Crippen molar-refractivity contribution in [3.63, 3.8) is 0 Å². The molecule has 1 aromatic carbocycles. The Kier molecular flexibility index (Phi) is 36.1. The number of anilines is 1. The van der Waals surface area contributed by atoms with Gasteiger partial charge in [0, 0.05) is 89.8 Å². The summed E-state index contributed by atoms with van der Waals surface area (Å²) in [4.78, 5) is 117. The third-order valence-electron chi connectivity index (χ3n) is 11.9. The monoisotopic (exact) mass is 1110 g/mol. The molecule has 1 fully saturated rings. The number of Topliss-reactive ketones (excluding diaryl/α,β-unsaturated/α-hetero) is 1. The number of carboxylic acid groups (broad SMARTS) is 1. The number of urea groups is 1. The van der Waals surface area contributed by atoms with Gasteiger partial charge in [0.05, 0.1) is 85.7 Å². The zero-order chi connectivity index (χ0) is 57.5. The number of hydrogen-bond acceptors (Lipinski definition) is 18. The fraction of sp³-hybridized carbons (Fsp3) is 0.712. The highest BCUT2D eigenvalue weighted by Gasteiger charge is 2.29. The maximum Gasteiger partial charge on any atom is 0.317 e. The Morgan fingerprint density at radius 2 is 1.08 bits per heavy atom. The van der Waals surface area contributed by atoms with Crippen LogP contribution in [0.1, 0.15) is 72.3 Å². The second kappa shape index (κ2) is 41.2. The molecule has 26 heteroatoms. The highest BCUT2D eigenvalue weighted by Crippen LogP contribution is 2.13. The van der Waals surface area contributed by atoms with Crippen molar-refractivity contribution < 1.29 is 76.7 Å². The van der Waals surface area contributed by atoms with E-state index < -0.39 is 41.8 Å². The van der Waals surface area contributed by atoms with Crippen molar-refractivity contribution in [3.8, 4) is 0 Å². The van der Waals surface area contributed by atoms with Gasteiger partial charge in [0.2, 0.25) is 29.5 Å². The zero-order valence-corrected chi connectivity index (χ0v) is 46.4. The SMILES string of the molecule is CCC(=O)OCc1ccc(NC(=O)[C@H](CCCNC(N)=O)NC(=O)[C@@H](NC(=O)CCOCCNC(=O)CN2CCN(CC(=O)O)CCN(CC(=O)NCCOCCOCCOCCOCCC(=O)C(C)C)CC2)C(C)C)cc1. The molecule has 0 radical (unpaired) electrons. The van der Waals surface area contributed by atoms with E-state index in [0.717, 1.165) is 0 Å². The summed E-state index contributed by atoms with van der Waals surface area (Å²) in [7, 11) is 0. The molecule has 9 N–H and O–H groups in total. The molecule has 26 nitrogen and oxygen atoms in total. The summed E-state index contributed by atoms with van der Waals surface area (Å²) >= 11 is 0. The molecule has 0 spiro atoms. The summed E-state index contributed by atoms with van der Waals surface area (Å²) in [6.07, 6.45) is 0.975. The maximum absolute atomic E-state index is 13.6. The maximum atomic E-state index is 13.6. The van der Waals surface area contributed by atoms with E-state index in [1.165, 1.54) is 0 Å². The second-order valence-corrected chi connectivity index (χ2v) is 19.1. The van der Waals surface area contributed by atoms with E-state index in [2.05, 4.69) is 31.9 Å². The summed E-state index contributed by atoms with van der Waals surface area (Å²) in [5.41, 5.74) is 6.33. The van der Waals surface area contributed by atoms with Gasteiger partial charge in [-0.25, -0.2) is 4.79 Å². The number of nitrogens with zero attached hydrogens (tertiary/aromatic N) is 3. The largest absolute Gasteiger partial charge is 0.480 e. The first kappa shape index (κ1) is 68.2. The molecule has 78 heavy (non-hydrogen) atoms. The number of carbonyl (C=O) groups is 9. The van der Waals surface area contributed by atoms with Crippen LogP contribution >= 0.6 is 0 Å². The molecular weight excluding hydrogens is 1020 g/mol. The van der Waals surface area contributed by atoms with Crippen molar-refractivity contribution in [1.29, 1.82) is 0 Å². The highest BCUT2D eigenvalue weighted by atomic mass is 16.6. The van der Waals surface area contributed by atoms with Crippen LogP contribution in [0.5, 0.6) is 0 Å². The lowest BCUT2D eigenvalue weighted by Gasteiger charge is -2.25. The molecule has 0 aliphatic carbocycles. The summed E-state index contributed by atoms with van der Waals surface area (Å²) in [6, 6.07) is 3.86. The van der Waals surface area contributed by atoms with Crippen molar-refractivity contribution in [2.24, 2.45) is 17.6 Å². The number of carbonyl (C=O) groups excluding carboxylic acids is 8. The first-order chi connectivity index (χ1) is 37.4. The number of carboxylic acids is 1. The van der Waals surface area contributed by atoms with Crippen LogP contribution < -0.4 is 37.6 Å². The minimum atomic E-state index is -1.05. The third-order valence-corrected chi connectivity index (χ3v) is 11.9. The van der Waals surface area contributed by atoms with Crippen LogP contribution in [0.15, 0.2) is 24.3 Å². The van der Waals surface area contributed by atoms with E-state index in [-0.39, 0.29) is 120 Å². The van der Waals surface area contributed by atoms with Gasteiger partial charge in [0.15, 0.2) is 0 Å². The molecule has 1 aromatic rings. The van der Waals surface area contributed by atoms with Crippen LogP contribution in [-0.2, 0) is 73.4 Å². The molecule has 0 bridgehead atoms. The predicted molar refractivity (Wildman–Crippen MR) is 287 cm³/mol. The average molecular weight is 1110 g/mol. The van der Waals surface area contributed by atoms with Crippen LogP contribution in [0.25, 0.3) is 0 Å². The van der Waals surface area contributed by atoms with E-state index >= 15 is 0 Å². The predicted octanol–water partition coefficient (Wildman–Crippen LogP) is -0.523. The standard InChI is InChI=1S/C52H88N10O16/c1-6-48(69)78-37-40-9-11-41(12-10-40)57-50(70)42(8-7-15-56-52(53)72)58-51(71)49(39(4)5)59-44(64)14-25-73-26-16-54-45(65)34-60-18-19-61(21-23-62(22-20-60)36-47(67)68)35-46(66)55-17-27-75-29-31-77-33-32-76-30-28-74-24-13-43(63)38(2)3/h9-12,38-39,42,49H,6-8,13-37H2,1-5H3,(H,54,65)(H,55,66)(H,57,70)(H,58,71)(H,59,64)(H,67,68)(H3,53,56,72)/t42-,49-/m0/s1. The number of rotatable bonds is 41. The number of esters is 1. The Morgan fingerprint density at radius 3 is 1.56 bits per heavy atom. The molecule has 7 amide bonds. The number of ketones is 1. The van der Waals surface area contributed by atoms with Crippen molar-refractivity contribution in [2.45, 2.75) is 85.4 Å². The molecule has 2 rings (SSSR count). The Labute approximate surface area is 458 Å². The normalized spacial score (nSPS) is 14.3. The molecule has 1 saturated heterocycles. The van der Waals surface area contributed by atoms with Gasteiger partial charge >= 0.3 is 18.0 Å². The van der Waals surface area contributed by atoms with Gasteiger partial charge in [-0.2, -0.15) is 0 Å². The smallest absolute Gasteiger partial charge is 0.317 e. The highest BCUT2D eigenvalue weighted by molar-refractivity contribution is 5.98. The number of nitrogens with one attached hydrogen (secondary N) is 6. The van der Waals surface area contributed by atoms with E-state index in [9.17, 15) is 48.3 Å². The summed E-state index contributed by atoms with van der Waals surface area (Å²) < 4.78 is 32.7. The topological polar surface area (TPSA) is 337 Å². The molecule has 1 heterocycles. The van der Waals surface area contributed by atoms with Crippen LogP contribution in [0.2, 0.25) is 0 Å². The summed E-state index contributed by atoms with van der Waals surface area (Å²) in [5, 5.41) is 25.9. The second-order valence-electron chi connectivity index (χ2n) is 19.1. The van der Waals surface area contributed by atoms with Gasteiger partial charge in [-0.3, -0.25) is 53.1 Å². The Morgan fingerprint density at radius 1 is 0.590 bits per heavy atom. The number of ether oxygens (including phenoxy) is 6. The van der Waals surface area contributed by atoms with E-state index in [1.807, 2.05) is 23.6 Å². The number of benzene rings is 1. The Hall–Kier alpha value is -5.87. The van der Waals surface area contributed by atoms with Gasteiger partial charge in [-0.05, 0) is 36.5 Å². The Balaban J connectivity index is 1.74. The van der Waals surface area contributed by atoms with Gasteiger partial charge in [0.25, 0.3) is 0 Å². The molecule has 1 aliphatic rings. The minimum Gasteiger partial charge on any atom is -0.480 e. The van der Waals surface area contributed by atoms with Crippen molar-refractivity contribution >= 4 is 59.0 Å². The van der Waals surface area contributed by atoms with Gasteiger partial charge in [0.1, 0.15) is 24.5 Å². The minimum absolute atomic E-state index is 0.00568. The van der Waals surface area contributed by atoms with Crippen LogP contribution in [-0.4, -0.2) is 230 Å². The van der Waals surface area contributed by atoms with Crippen molar-refractivity contribution in [3.05, 3.63) is 29.8 Å². The summed E-state index contributed by atoms with van der Waals surface area (Å²) in [5.74, 6) is -3.62. The first-order valence-corrected chi connectivity index (χ1v) is 26.9. The van der Waals surface area contributed by atoms with E-state index in [1.54, 1.807) is 49.9 Å². The number of amides is 7. The Bertz CT molecular complexity index is 1960. The van der Waals surface area contributed by atoms with Gasteiger partial charge in [-0.1, -0.05) is 46.8 Å². The van der Waals surface area contributed by atoms with E-state index in [4.69, 9.17) is 34.2 Å². The van der Waals surface area contributed by atoms with Gasteiger partial charge in [-0.15, -0.1) is 0 Å². The van der Waals surface area contributed by atoms with Crippen LogP contribution in [0, 0.1) is 11.8 Å². The fourth-order valence-corrected chi connectivity index (χ4v) is 7.39. The zero-order valence-electron chi connectivity index (χ0n) is 46.4. The van der Waals surface area contributed by atoms with E-state index in [0.29, 0.717) is 110 Å². The molecular formula is C52H88N10O16. The summed E-state index contributed by atoms with van der Waals surface area (Å²) in [6.45, 7) is 15.1. The lowest BCUT2D eigenvalue weighted by atomic mass is 10.0. The van der Waals surface area contributed by atoms with Crippen LogP contribution in [0.3, 0.4) is 0 Å². The number of nitrogens with two attached hydrogens (primary N) is 1. The molecule has 2 atom stereocenters. The molecule has 0 aromatic heterocycles. The molecule has 0 saturated carbocycles. The average Bonchev–Trinajstić information content (AvgIpc) is 3.48. The molecule has 0 unspecified atom stereocenters.